The summed E-state index contributed by atoms with van der Waals surface area (Å²) >= 11 is 0. The van der Waals surface area contributed by atoms with Crippen LogP contribution in [0, 0.1) is 5.92 Å². The summed E-state index contributed by atoms with van der Waals surface area (Å²) in [6, 6.07) is 9.86. The predicted molar refractivity (Wildman–Crippen MR) is 148 cm³/mol. The summed E-state index contributed by atoms with van der Waals surface area (Å²) in [7, 11) is 0. The van der Waals surface area contributed by atoms with Crippen LogP contribution >= 0.6 is 0 Å². The average molecular weight is 583 g/mol. The van der Waals surface area contributed by atoms with Gasteiger partial charge in [0.25, 0.3) is 0 Å². The van der Waals surface area contributed by atoms with Crippen molar-refractivity contribution in [3.8, 4) is 69.0 Å². The summed E-state index contributed by atoms with van der Waals surface area (Å²) in [5, 5.41) is 120. The molecule has 0 amide bonds. The maximum atomic E-state index is 10.3. The van der Waals surface area contributed by atoms with Gasteiger partial charge in [-0.15, -0.1) is 0 Å². The Morgan fingerprint density at radius 3 is 1.07 bits per heavy atom. The number of hydrogen-bond donors (Lipinski definition) is 12. The van der Waals surface area contributed by atoms with Crippen LogP contribution in [0.2, 0.25) is 0 Å². The number of phenols is 12. The molecule has 0 spiro atoms. The zero-order chi connectivity index (χ0) is 30.9. The Kier molecular flexibility index (Phi) is 8.09. The van der Waals surface area contributed by atoms with Gasteiger partial charge in [-0.3, -0.25) is 0 Å². The lowest BCUT2D eigenvalue weighted by atomic mass is 9.75. The number of aryl methyl sites for hydroxylation is 1. The van der Waals surface area contributed by atoms with Crippen molar-refractivity contribution in [2.75, 3.05) is 0 Å². The zero-order valence-electron chi connectivity index (χ0n) is 22.0. The standard InChI is InChI=1S/C30H30O12/c31-19-5-13(6-20(32)27(19)39)1-2-16(3-14-7-21(33)28(40)22(34)8-14)18(17-11-25(37)30(42)26(38)12-17)4-15-9-23(35)29(41)24(36)10-15/h5-12,16,18,31-42H,1-4H2/t16-,18-/m1/s1. The Hall–Kier alpha value is -5.52. The second-order valence-corrected chi connectivity index (χ2v) is 10.2. The summed E-state index contributed by atoms with van der Waals surface area (Å²) in [5.74, 6) is -8.82. The highest BCUT2D eigenvalue weighted by atomic mass is 16.3. The fourth-order valence-corrected chi connectivity index (χ4v) is 5.11. The van der Waals surface area contributed by atoms with Crippen molar-refractivity contribution in [2.45, 2.75) is 31.6 Å². The van der Waals surface area contributed by atoms with Gasteiger partial charge in [-0.2, -0.15) is 0 Å². The SMILES string of the molecule is Oc1cc(CC[C@H](Cc2cc(O)c(O)c(O)c2)[C@@H](Cc2cc(O)c(O)c(O)c2)c2cc(O)c(O)c(O)c2)cc(O)c1O. The van der Waals surface area contributed by atoms with Crippen LogP contribution in [0.4, 0.5) is 0 Å². The lowest BCUT2D eigenvalue weighted by molar-refractivity contribution is 0.352. The second kappa shape index (κ2) is 11.5. The van der Waals surface area contributed by atoms with Gasteiger partial charge in [0, 0.05) is 0 Å². The Morgan fingerprint density at radius 1 is 0.381 bits per heavy atom. The molecule has 0 fully saturated rings. The van der Waals surface area contributed by atoms with E-state index in [0.717, 1.165) is 0 Å². The van der Waals surface area contributed by atoms with Gasteiger partial charge >= 0.3 is 0 Å². The number of aromatic hydroxyl groups is 12. The highest BCUT2D eigenvalue weighted by molar-refractivity contribution is 5.55. The third-order valence-electron chi connectivity index (χ3n) is 7.23. The summed E-state index contributed by atoms with van der Waals surface area (Å²) in [6.45, 7) is 0. The second-order valence-electron chi connectivity index (χ2n) is 10.2. The average Bonchev–Trinajstić information content (AvgIpc) is 2.92. The summed E-state index contributed by atoms with van der Waals surface area (Å²) in [6.07, 6.45) is 0.564. The maximum absolute atomic E-state index is 10.3. The molecule has 0 aliphatic heterocycles. The Balaban J connectivity index is 1.83. The molecule has 0 heterocycles. The Morgan fingerprint density at radius 2 is 0.690 bits per heavy atom. The minimum Gasteiger partial charge on any atom is -0.504 e. The van der Waals surface area contributed by atoms with Gasteiger partial charge in [-0.1, -0.05) is 0 Å². The van der Waals surface area contributed by atoms with Crippen LogP contribution < -0.4 is 0 Å². The molecule has 4 aromatic carbocycles. The Bertz CT molecular complexity index is 1540. The third-order valence-corrected chi connectivity index (χ3v) is 7.23. The van der Waals surface area contributed by atoms with E-state index in [9.17, 15) is 61.3 Å². The van der Waals surface area contributed by atoms with Crippen molar-refractivity contribution >= 4 is 0 Å². The van der Waals surface area contributed by atoms with Crippen LogP contribution in [0.1, 0.15) is 34.6 Å². The van der Waals surface area contributed by atoms with Gasteiger partial charge in [-0.05, 0) is 108 Å². The van der Waals surface area contributed by atoms with E-state index in [1.54, 1.807) is 0 Å². The minimum atomic E-state index is -0.752. The van der Waals surface area contributed by atoms with Crippen molar-refractivity contribution in [1.29, 1.82) is 0 Å². The van der Waals surface area contributed by atoms with Gasteiger partial charge in [0.05, 0.1) is 0 Å². The normalized spacial score (nSPS) is 12.7. The van der Waals surface area contributed by atoms with Gasteiger partial charge in [0.1, 0.15) is 0 Å². The molecule has 12 heteroatoms. The molecule has 0 bridgehead atoms. The van der Waals surface area contributed by atoms with Crippen molar-refractivity contribution in [1.82, 2.24) is 0 Å². The number of phenolic OH excluding ortho intramolecular Hbond substituents is 12. The highest BCUT2D eigenvalue weighted by Gasteiger charge is 2.28. The molecule has 4 rings (SSSR count). The first kappa shape index (κ1) is 29.5. The molecular weight excluding hydrogens is 552 g/mol. The van der Waals surface area contributed by atoms with Crippen LogP contribution in [-0.2, 0) is 19.3 Å². The molecule has 0 aromatic heterocycles. The number of rotatable bonds is 9. The molecule has 12 nitrogen and oxygen atoms in total. The molecule has 0 aliphatic rings. The fraction of sp³-hybridized carbons (Fsp3) is 0.200. The summed E-state index contributed by atoms with van der Waals surface area (Å²) in [4.78, 5) is 0. The first-order valence-electron chi connectivity index (χ1n) is 12.7. The zero-order valence-corrected chi connectivity index (χ0v) is 22.0. The molecule has 0 unspecified atom stereocenters. The van der Waals surface area contributed by atoms with Crippen molar-refractivity contribution in [3.63, 3.8) is 0 Å². The van der Waals surface area contributed by atoms with E-state index in [-0.39, 0.29) is 25.7 Å². The van der Waals surface area contributed by atoms with E-state index in [2.05, 4.69) is 0 Å². The van der Waals surface area contributed by atoms with Crippen molar-refractivity contribution < 1.29 is 61.3 Å². The highest BCUT2D eigenvalue weighted by Crippen LogP contribution is 2.45. The molecule has 0 saturated carbocycles. The van der Waals surface area contributed by atoms with E-state index < -0.39 is 80.8 Å². The first-order chi connectivity index (χ1) is 19.7. The van der Waals surface area contributed by atoms with Gasteiger partial charge in [0.15, 0.2) is 69.0 Å². The van der Waals surface area contributed by atoms with Gasteiger partial charge in [0.2, 0.25) is 0 Å². The van der Waals surface area contributed by atoms with E-state index >= 15 is 0 Å². The van der Waals surface area contributed by atoms with Crippen LogP contribution in [0.15, 0.2) is 48.5 Å². The van der Waals surface area contributed by atoms with Crippen LogP contribution in [0.3, 0.4) is 0 Å². The molecule has 0 aliphatic carbocycles. The predicted octanol–water partition coefficient (Wildman–Crippen LogP) is 3.97. The van der Waals surface area contributed by atoms with Gasteiger partial charge in [-0.25, -0.2) is 0 Å². The topological polar surface area (TPSA) is 243 Å². The molecule has 42 heavy (non-hydrogen) atoms. The summed E-state index contributed by atoms with van der Waals surface area (Å²) < 4.78 is 0. The monoisotopic (exact) mass is 582 g/mol. The Labute approximate surface area is 238 Å². The lowest BCUT2D eigenvalue weighted by Crippen LogP contribution is -2.19. The fourth-order valence-electron chi connectivity index (χ4n) is 5.11. The molecular formula is C30H30O12. The smallest absolute Gasteiger partial charge is 0.200 e. The molecule has 0 saturated heterocycles. The molecule has 4 aromatic rings. The maximum Gasteiger partial charge on any atom is 0.200 e. The number of benzene rings is 4. The minimum absolute atomic E-state index is 0.0256. The molecule has 222 valence electrons. The van der Waals surface area contributed by atoms with E-state index in [0.29, 0.717) is 22.3 Å². The van der Waals surface area contributed by atoms with Crippen molar-refractivity contribution in [3.05, 3.63) is 70.8 Å². The third kappa shape index (κ3) is 6.12. The summed E-state index contributed by atoms with van der Waals surface area (Å²) in [5.41, 5.74) is 1.45. The molecule has 2 atom stereocenters. The molecule has 12 N–H and O–H groups in total. The van der Waals surface area contributed by atoms with E-state index in [4.69, 9.17) is 0 Å². The van der Waals surface area contributed by atoms with Gasteiger partial charge < -0.3 is 61.3 Å². The van der Waals surface area contributed by atoms with Crippen LogP contribution in [-0.4, -0.2) is 61.3 Å². The largest absolute Gasteiger partial charge is 0.504 e. The number of hydrogen-bond acceptors (Lipinski definition) is 12. The lowest BCUT2D eigenvalue weighted by Gasteiger charge is -2.29. The van der Waals surface area contributed by atoms with E-state index in [1.165, 1.54) is 48.5 Å². The van der Waals surface area contributed by atoms with Crippen molar-refractivity contribution in [2.24, 2.45) is 5.92 Å². The van der Waals surface area contributed by atoms with Crippen LogP contribution in [0.5, 0.6) is 69.0 Å². The van der Waals surface area contributed by atoms with Crippen LogP contribution in [0.25, 0.3) is 0 Å². The van der Waals surface area contributed by atoms with E-state index in [1.807, 2.05) is 0 Å². The molecule has 0 radical (unpaired) electrons. The first-order valence-corrected chi connectivity index (χ1v) is 12.7. The quantitative estimate of drug-likeness (QED) is 0.125.